The molecule has 0 aromatic heterocycles. The second-order valence-electron chi connectivity index (χ2n) is 2.29. The van der Waals surface area contributed by atoms with Gasteiger partial charge in [-0.3, -0.25) is 4.79 Å². The molecule has 1 aromatic carbocycles. The molecule has 0 aliphatic rings. The summed E-state index contributed by atoms with van der Waals surface area (Å²) in [5.74, 6) is -1.28. The van der Waals surface area contributed by atoms with Gasteiger partial charge in [0.2, 0.25) is 0 Å². The van der Waals surface area contributed by atoms with E-state index in [4.69, 9.17) is 5.11 Å². The fourth-order valence-electron chi connectivity index (χ4n) is 0.878. The standard InChI is InChI=1S/C8H5NO4/c10-4-5-1-2-7(9-13)6(3-5)8(11)12/h1-4H,(H,11,12). The number of aromatic carboxylic acids is 1. The van der Waals surface area contributed by atoms with Crippen molar-refractivity contribution in [3.8, 4) is 0 Å². The number of nitrogens with zero attached hydrogens (tertiary/aromatic N) is 1. The number of benzene rings is 1. The van der Waals surface area contributed by atoms with E-state index < -0.39 is 5.97 Å². The molecule has 0 unspecified atom stereocenters. The van der Waals surface area contributed by atoms with Crippen LogP contribution in [0, 0.1) is 4.91 Å². The molecule has 0 heterocycles. The van der Waals surface area contributed by atoms with Gasteiger partial charge < -0.3 is 5.11 Å². The largest absolute Gasteiger partial charge is 0.478 e. The molecule has 0 radical (unpaired) electrons. The molecular formula is C8H5NO4. The van der Waals surface area contributed by atoms with Crippen molar-refractivity contribution in [2.75, 3.05) is 0 Å². The number of hydrogen-bond acceptors (Lipinski definition) is 4. The van der Waals surface area contributed by atoms with E-state index in [9.17, 15) is 14.5 Å². The van der Waals surface area contributed by atoms with Gasteiger partial charge in [0.25, 0.3) is 0 Å². The molecule has 1 N–H and O–H groups in total. The van der Waals surface area contributed by atoms with Crippen LogP contribution in [0.3, 0.4) is 0 Å². The van der Waals surface area contributed by atoms with Gasteiger partial charge in [-0.2, -0.15) is 0 Å². The van der Waals surface area contributed by atoms with Crippen LogP contribution in [0.2, 0.25) is 0 Å². The van der Waals surface area contributed by atoms with E-state index in [2.05, 4.69) is 5.18 Å². The van der Waals surface area contributed by atoms with E-state index in [1.54, 1.807) is 0 Å². The van der Waals surface area contributed by atoms with Crippen molar-refractivity contribution in [1.82, 2.24) is 0 Å². The molecule has 0 aliphatic heterocycles. The number of hydrogen-bond donors (Lipinski definition) is 1. The van der Waals surface area contributed by atoms with Gasteiger partial charge in [-0.15, -0.1) is 4.91 Å². The Morgan fingerprint density at radius 1 is 1.46 bits per heavy atom. The summed E-state index contributed by atoms with van der Waals surface area (Å²) in [5.41, 5.74) is -0.248. The summed E-state index contributed by atoms with van der Waals surface area (Å²) in [5, 5.41) is 11.1. The number of nitroso groups, excluding NO2 is 1. The van der Waals surface area contributed by atoms with Crippen LogP contribution < -0.4 is 0 Å². The zero-order chi connectivity index (χ0) is 9.84. The fourth-order valence-corrected chi connectivity index (χ4v) is 0.878. The molecule has 1 rings (SSSR count). The van der Waals surface area contributed by atoms with Crippen LogP contribution in [-0.4, -0.2) is 17.4 Å². The molecular weight excluding hydrogens is 174 g/mol. The highest BCUT2D eigenvalue weighted by Gasteiger charge is 2.10. The molecule has 0 bridgehead atoms. The van der Waals surface area contributed by atoms with Gasteiger partial charge >= 0.3 is 5.97 Å². The maximum Gasteiger partial charge on any atom is 0.338 e. The van der Waals surface area contributed by atoms with Crippen LogP contribution in [0.5, 0.6) is 0 Å². The zero-order valence-electron chi connectivity index (χ0n) is 6.43. The predicted molar refractivity (Wildman–Crippen MR) is 44.2 cm³/mol. The number of carboxylic acid groups (broad SMARTS) is 1. The maximum atomic E-state index is 10.5. The van der Waals surface area contributed by atoms with E-state index in [0.29, 0.717) is 6.29 Å². The first-order chi connectivity index (χ1) is 6.19. The van der Waals surface area contributed by atoms with Crippen molar-refractivity contribution in [2.24, 2.45) is 5.18 Å². The van der Waals surface area contributed by atoms with Gasteiger partial charge in [-0.25, -0.2) is 4.79 Å². The minimum atomic E-state index is -1.28. The quantitative estimate of drug-likeness (QED) is 0.564. The first-order valence-electron chi connectivity index (χ1n) is 3.35. The summed E-state index contributed by atoms with van der Waals surface area (Å²) in [6.07, 6.45) is 0.501. The lowest BCUT2D eigenvalue weighted by Crippen LogP contribution is -1.97. The third-order valence-electron chi connectivity index (χ3n) is 1.49. The van der Waals surface area contributed by atoms with E-state index in [1.165, 1.54) is 12.1 Å². The van der Waals surface area contributed by atoms with Gasteiger partial charge in [0.15, 0.2) is 0 Å². The van der Waals surface area contributed by atoms with Crippen molar-refractivity contribution in [3.63, 3.8) is 0 Å². The van der Waals surface area contributed by atoms with Crippen molar-refractivity contribution in [3.05, 3.63) is 34.2 Å². The number of rotatable bonds is 3. The summed E-state index contributed by atoms with van der Waals surface area (Å²) in [7, 11) is 0. The maximum absolute atomic E-state index is 10.5. The fraction of sp³-hybridized carbons (Fsp3) is 0. The molecule has 0 saturated carbocycles. The average molecular weight is 179 g/mol. The van der Waals surface area contributed by atoms with Crippen molar-refractivity contribution in [2.45, 2.75) is 0 Å². The zero-order valence-corrected chi connectivity index (χ0v) is 6.43. The Morgan fingerprint density at radius 3 is 2.62 bits per heavy atom. The molecule has 0 amide bonds. The van der Waals surface area contributed by atoms with Crippen LogP contribution in [0.15, 0.2) is 23.4 Å². The van der Waals surface area contributed by atoms with E-state index in [1.807, 2.05) is 0 Å². The Kier molecular flexibility index (Phi) is 2.49. The third kappa shape index (κ3) is 1.76. The van der Waals surface area contributed by atoms with Crippen molar-refractivity contribution < 1.29 is 14.7 Å². The van der Waals surface area contributed by atoms with Gasteiger partial charge in [0.1, 0.15) is 12.0 Å². The Labute approximate surface area is 73.0 Å². The number of carboxylic acids is 1. The van der Waals surface area contributed by atoms with Crippen molar-refractivity contribution >= 4 is 17.9 Å². The molecule has 0 saturated heterocycles. The Morgan fingerprint density at radius 2 is 2.15 bits per heavy atom. The number of carbonyl (C=O) groups excluding carboxylic acids is 1. The smallest absolute Gasteiger partial charge is 0.338 e. The third-order valence-corrected chi connectivity index (χ3v) is 1.49. The second-order valence-corrected chi connectivity index (χ2v) is 2.29. The predicted octanol–water partition coefficient (Wildman–Crippen LogP) is 1.60. The van der Waals surface area contributed by atoms with E-state index in [-0.39, 0.29) is 16.8 Å². The molecule has 5 heteroatoms. The highest BCUT2D eigenvalue weighted by atomic mass is 16.4. The Balaban J connectivity index is 3.33. The first kappa shape index (κ1) is 9.05. The summed E-state index contributed by atoms with van der Waals surface area (Å²) in [6.45, 7) is 0. The van der Waals surface area contributed by atoms with Gasteiger partial charge in [0, 0.05) is 5.56 Å². The lowest BCUT2D eigenvalue weighted by Gasteiger charge is -1.97. The second kappa shape index (κ2) is 3.57. The minimum Gasteiger partial charge on any atom is -0.478 e. The topological polar surface area (TPSA) is 83.8 Å². The molecule has 0 atom stereocenters. The highest BCUT2D eigenvalue weighted by molar-refractivity contribution is 5.95. The lowest BCUT2D eigenvalue weighted by atomic mass is 10.1. The Bertz CT molecular complexity index is 372. The number of aldehydes is 1. The van der Waals surface area contributed by atoms with Gasteiger partial charge in [-0.1, -0.05) is 0 Å². The molecule has 5 nitrogen and oxygen atoms in total. The van der Waals surface area contributed by atoms with Crippen LogP contribution in [0.25, 0.3) is 0 Å². The molecule has 0 spiro atoms. The van der Waals surface area contributed by atoms with E-state index >= 15 is 0 Å². The SMILES string of the molecule is O=Cc1ccc(N=O)c(C(=O)O)c1. The molecule has 13 heavy (non-hydrogen) atoms. The molecule has 0 aliphatic carbocycles. The van der Waals surface area contributed by atoms with Crippen LogP contribution >= 0.6 is 0 Å². The number of carbonyl (C=O) groups is 2. The molecule has 66 valence electrons. The van der Waals surface area contributed by atoms with Gasteiger partial charge in [-0.05, 0) is 23.4 Å². The molecule has 1 aromatic rings. The summed E-state index contributed by atoms with van der Waals surface area (Å²) < 4.78 is 0. The Hall–Kier alpha value is -2.04. The monoisotopic (exact) mass is 179 g/mol. The van der Waals surface area contributed by atoms with Gasteiger partial charge in [0.05, 0.1) is 5.56 Å². The van der Waals surface area contributed by atoms with Crippen LogP contribution in [0.4, 0.5) is 5.69 Å². The normalized spacial score (nSPS) is 9.23. The highest BCUT2D eigenvalue weighted by Crippen LogP contribution is 2.19. The summed E-state index contributed by atoms with van der Waals surface area (Å²) >= 11 is 0. The van der Waals surface area contributed by atoms with Crippen LogP contribution in [-0.2, 0) is 0 Å². The lowest BCUT2D eigenvalue weighted by molar-refractivity contribution is 0.0698. The summed E-state index contributed by atoms with van der Waals surface area (Å²) in [4.78, 5) is 30.9. The average Bonchev–Trinajstić information content (AvgIpc) is 2.16. The van der Waals surface area contributed by atoms with Crippen molar-refractivity contribution in [1.29, 1.82) is 0 Å². The first-order valence-corrected chi connectivity index (χ1v) is 3.35. The minimum absolute atomic E-state index is 0.182. The molecule has 0 fully saturated rings. The van der Waals surface area contributed by atoms with E-state index in [0.717, 1.165) is 6.07 Å². The van der Waals surface area contributed by atoms with Crippen LogP contribution in [0.1, 0.15) is 20.7 Å². The summed E-state index contributed by atoms with van der Waals surface area (Å²) in [6, 6.07) is 3.63.